The lowest BCUT2D eigenvalue weighted by molar-refractivity contribution is -0.121. The number of hydrogen-bond acceptors (Lipinski definition) is 3. The molecule has 2 rings (SSSR count). The number of hydrogen-bond donors (Lipinski definition) is 2. The van der Waals surface area contributed by atoms with Gasteiger partial charge in [0.1, 0.15) is 0 Å². The predicted octanol–water partition coefficient (Wildman–Crippen LogP) is 0.900. The quantitative estimate of drug-likeness (QED) is 0.800. The topological polar surface area (TPSA) is 58.4 Å². The van der Waals surface area contributed by atoms with Crippen LogP contribution in [0.4, 0.5) is 0 Å². The maximum Gasteiger partial charge on any atom is 0.220 e. The molecule has 0 bridgehead atoms. The third-order valence-corrected chi connectivity index (χ3v) is 3.57. The molecule has 3 N–H and O–H groups in total. The molecule has 104 valence electrons. The van der Waals surface area contributed by atoms with Gasteiger partial charge in [0.25, 0.3) is 0 Å². The largest absolute Gasteiger partial charge is 0.355 e. The van der Waals surface area contributed by atoms with Crippen molar-refractivity contribution in [2.75, 3.05) is 26.2 Å². The van der Waals surface area contributed by atoms with Gasteiger partial charge in [-0.1, -0.05) is 24.3 Å². The van der Waals surface area contributed by atoms with Gasteiger partial charge >= 0.3 is 0 Å². The highest BCUT2D eigenvalue weighted by molar-refractivity contribution is 5.75. The summed E-state index contributed by atoms with van der Waals surface area (Å²) in [5.41, 5.74) is 8.26. The van der Waals surface area contributed by atoms with Crippen LogP contribution in [0.15, 0.2) is 24.3 Å². The van der Waals surface area contributed by atoms with Crippen molar-refractivity contribution in [3.8, 4) is 0 Å². The molecule has 0 fully saturated rings. The van der Waals surface area contributed by atoms with Crippen LogP contribution < -0.4 is 11.1 Å². The maximum absolute atomic E-state index is 11.5. The van der Waals surface area contributed by atoms with Gasteiger partial charge in [0.15, 0.2) is 0 Å². The van der Waals surface area contributed by atoms with Gasteiger partial charge in [0.05, 0.1) is 0 Å². The fourth-order valence-electron chi connectivity index (χ4n) is 2.45. The first-order chi connectivity index (χ1) is 9.29. The first-order valence-electron chi connectivity index (χ1n) is 7.05. The van der Waals surface area contributed by atoms with E-state index in [1.165, 1.54) is 11.1 Å². The third-order valence-electron chi connectivity index (χ3n) is 3.57. The average molecular weight is 261 g/mol. The molecule has 1 amide bonds. The van der Waals surface area contributed by atoms with Crippen LogP contribution >= 0.6 is 0 Å². The van der Waals surface area contributed by atoms with Gasteiger partial charge in [-0.05, 0) is 30.5 Å². The van der Waals surface area contributed by atoms with Crippen LogP contribution in [0.2, 0.25) is 0 Å². The Balaban J connectivity index is 1.70. The Bertz CT molecular complexity index is 420. The van der Waals surface area contributed by atoms with Gasteiger partial charge in [0.2, 0.25) is 5.91 Å². The number of rotatable bonds is 6. The van der Waals surface area contributed by atoms with E-state index in [1.54, 1.807) is 0 Å². The van der Waals surface area contributed by atoms with Crippen molar-refractivity contribution in [2.45, 2.75) is 25.8 Å². The molecule has 0 radical (unpaired) electrons. The van der Waals surface area contributed by atoms with Crippen LogP contribution in [0.1, 0.15) is 24.0 Å². The number of benzene rings is 1. The van der Waals surface area contributed by atoms with E-state index in [4.69, 9.17) is 5.73 Å². The highest BCUT2D eigenvalue weighted by atomic mass is 16.1. The van der Waals surface area contributed by atoms with Gasteiger partial charge in [0, 0.05) is 32.6 Å². The van der Waals surface area contributed by atoms with E-state index < -0.39 is 0 Å². The maximum atomic E-state index is 11.5. The highest BCUT2D eigenvalue weighted by Gasteiger charge is 2.15. The normalized spacial score (nSPS) is 15.0. The Morgan fingerprint density at radius 3 is 2.89 bits per heavy atom. The molecule has 1 aliphatic rings. The van der Waals surface area contributed by atoms with E-state index in [2.05, 4.69) is 34.5 Å². The van der Waals surface area contributed by atoms with Crippen molar-refractivity contribution in [3.63, 3.8) is 0 Å². The first-order valence-corrected chi connectivity index (χ1v) is 7.05. The molecular formula is C15H23N3O. The molecule has 4 nitrogen and oxygen atoms in total. The summed E-state index contributed by atoms with van der Waals surface area (Å²) >= 11 is 0. The standard InChI is InChI=1S/C15H23N3O/c16-8-3-6-15(19)17-9-11-18-10-7-13-4-1-2-5-14(13)12-18/h1-2,4-5H,3,6-12,16H2,(H,17,19). The number of fused-ring (bicyclic) bond motifs is 1. The zero-order valence-corrected chi connectivity index (χ0v) is 11.4. The Hall–Kier alpha value is -1.39. The molecule has 19 heavy (non-hydrogen) atoms. The SMILES string of the molecule is NCCCC(=O)NCCN1CCc2ccccc2C1. The lowest BCUT2D eigenvalue weighted by Gasteiger charge is -2.28. The van der Waals surface area contributed by atoms with Gasteiger partial charge in [-0.3, -0.25) is 9.69 Å². The number of nitrogens with one attached hydrogen (secondary N) is 1. The second kappa shape index (κ2) is 7.26. The van der Waals surface area contributed by atoms with Crippen molar-refractivity contribution in [1.82, 2.24) is 10.2 Å². The van der Waals surface area contributed by atoms with Crippen LogP contribution in [-0.4, -0.2) is 37.0 Å². The Kier molecular flexibility index (Phi) is 5.36. The Morgan fingerprint density at radius 2 is 2.11 bits per heavy atom. The highest BCUT2D eigenvalue weighted by Crippen LogP contribution is 2.17. The zero-order valence-electron chi connectivity index (χ0n) is 11.4. The number of nitrogens with two attached hydrogens (primary N) is 1. The molecule has 1 aromatic carbocycles. The molecule has 1 aliphatic heterocycles. The smallest absolute Gasteiger partial charge is 0.220 e. The summed E-state index contributed by atoms with van der Waals surface area (Å²) in [6.45, 7) is 4.30. The number of amides is 1. The molecule has 1 heterocycles. The fourth-order valence-corrected chi connectivity index (χ4v) is 2.45. The molecule has 0 saturated heterocycles. The van der Waals surface area contributed by atoms with E-state index in [1.807, 2.05) is 0 Å². The number of carbonyl (C=O) groups is 1. The minimum absolute atomic E-state index is 0.114. The second-order valence-corrected chi connectivity index (χ2v) is 5.04. The molecule has 0 aliphatic carbocycles. The average Bonchev–Trinajstić information content (AvgIpc) is 2.45. The van der Waals surface area contributed by atoms with Gasteiger partial charge in [-0.15, -0.1) is 0 Å². The molecular weight excluding hydrogens is 238 g/mol. The van der Waals surface area contributed by atoms with E-state index in [0.29, 0.717) is 13.0 Å². The molecule has 0 unspecified atom stereocenters. The third kappa shape index (κ3) is 4.33. The molecule has 0 atom stereocenters. The lowest BCUT2D eigenvalue weighted by Crippen LogP contribution is -2.37. The van der Waals surface area contributed by atoms with Crippen LogP contribution in [0.25, 0.3) is 0 Å². The van der Waals surface area contributed by atoms with Crippen LogP contribution in [0, 0.1) is 0 Å². The van der Waals surface area contributed by atoms with E-state index in [9.17, 15) is 4.79 Å². The summed E-state index contributed by atoms with van der Waals surface area (Å²) in [6, 6.07) is 8.60. The van der Waals surface area contributed by atoms with Gasteiger partial charge in [-0.2, -0.15) is 0 Å². The van der Waals surface area contributed by atoms with Crippen LogP contribution in [-0.2, 0) is 17.8 Å². The molecule has 0 spiro atoms. The minimum Gasteiger partial charge on any atom is -0.355 e. The monoisotopic (exact) mass is 261 g/mol. The summed E-state index contributed by atoms with van der Waals surface area (Å²) in [6.07, 6.45) is 2.42. The van der Waals surface area contributed by atoms with Crippen molar-refractivity contribution in [2.24, 2.45) is 5.73 Å². The Morgan fingerprint density at radius 1 is 1.32 bits per heavy atom. The molecule has 0 aromatic heterocycles. The minimum atomic E-state index is 0.114. The fraction of sp³-hybridized carbons (Fsp3) is 0.533. The van der Waals surface area contributed by atoms with Crippen LogP contribution in [0.3, 0.4) is 0 Å². The Labute approximate surface area is 115 Å². The van der Waals surface area contributed by atoms with Crippen molar-refractivity contribution >= 4 is 5.91 Å². The molecule has 0 saturated carbocycles. The van der Waals surface area contributed by atoms with Crippen molar-refractivity contribution in [3.05, 3.63) is 35.4 Å². The zero-order chi connectivity index (χ0) is 13.5. The van der Waals surface area contributed by atoms with Crippen molar-refractivity contribution < 1.29 is 4.79 Å². The van der Waals surface area contributed by atoms with E-state index in [0.717, 1.165) is 39.0 Å². The van der Waals surface area contributed by atoms with Crippen LogP contribution in [0.5, 0.6) is 0 Å². The summed E-state index contributed by atoms with van der Waals surface area (Å²) in [5, 5.41) is 2.95. The molecule has 1 aromatic rings. The predicted molar refractivity (Wildman–Crippen MR) is 76.7 cm³/mol. The summed E-state index contributed by atoms with van der Waals surface area (Å²) < 4.78 is 0. The summed E-state index contributed by atoms with van der Waals surface area (Å²) in [5.74, 6) is 0.114. The van der Waals surface area contributed by atoms with Gasteiger partial charge < -0.3 is 11.1 Å². The number of carbonyl (C=O) groups excluding carboxylic acids is 1. The lowest BCUT2D eigenvalue weighted by atomic mass is 10.00. The first kappa shape index (κ1) is 14.0. The summed E-state index contributed by atoms with van der Waals surface area (Å²) in [7, 11) is 0. The second-order valence-electron chi connectivity index (χ2n) is 5.04. The number of nitrogens with zero attached hydrogens (tertiary/aromatic N) is 1. The molecule has 4 heteroatoms. The van der Waals surface area contributed by atoms with E-state index >= 15 is 0 Å². The van der Waals surface area contributed by atoms with Gasteiger partial charge in [-0.25, -0.2) is 0 Å². The summed E-state index contributed by atoms with van der Waals surface area (Å²) in [4.78, 5) is 13.9. The van der Waals surface area contributed by atoms with E-state index in [-0.39, 0.29) is 5.91 Å². The van der Waals surface area contributed by atoms with Crippen molar-refractivity contribution in [1.29, 1.82) is 0 Å².